The Balaban J connectivity index is 1.45. The van der Waals surface area contributed by atoms with Crippen molar-refractivity contribution in [2.45, 2.75) is 26.2 Å². The zero-order valence-corrected chi connectivity index (χ0v) is 15.3. The summed E-state index contributed by atoms with van der Waals surface area (Å²) >= 11 is 6.07. The lowest BCUT2D eigenvalue weighted by molar-refractivity contribution is -0.115. The number of hydrogen-bond acceptors (Lipinski definition) is 3. The van der Waals surface area contributed by atoms with Crippen LogP contribution in [-0.4, -0.2) is 25.5 Å². The van der Waals surface area contributed by atoms with Gasteiger partial charge in [-0.2, -0.15) is 0 Å². The molecule has 0 saturated carbocycles. The maximum absolute atomic E-state index is 12.1. The largest absolute Gasteiger partial charge is 0.385 e. The van der Waals surface area contributed by atoms with Crippen LogP contribution in [0.2, 0.25) is 5.02 Å². The number of halogens is 1. The van der Waals surface area contributed by atoms with Crippen molar-refractivity contribution >= 4 is 34.6 Å². The second kappa shape index (κ2) is 8.26. The topological polar surface area (TPSA) is 44.4 Å². The standard InChI is InChI=1S/C20H24ClN3O/c1-15-18(21)5-4-6-19(15)23-20(25)11-12-22-16-7-9-17(10-8-16)24-13-2-3-14-24/h4-10,22H,2-3,11-14H2,1H3,(H,23,25). The predicted octanol–water partition coefficient (Wildman–Crippen LogP) is 4.69. The second-order valence-electron chi connectivity index (χ2n) is 6.38. The number of amides is 1. The molecule has 1 saturated heterocycles. The van der Waals surface area contributed by atoms with Gasteiger partial charge >= 0.3 is 0 Å². The van der Waals surface area contributed by atoms with Crippen molar-refractivity contribution in [3.63, 3.8) is 0 Å². The molecule has 1 amide bonds. The summed E-state index contributed by atoms with van der Waals surface area (Å²) in [4.78, 5) is 14.5. The predicted molar refractivity (Wildman–Crippen MR) is 106 cm³/mol. The summed E-state index contributed by atoms with van der Waals surface area (Å²) in [6.07, 6.45) is 2.96. The molecule has 1 heterocycles. The first-order valence-corrected chi connectivity index (χ1v) is 9.15. The third-order valence-electron chi connectivity index (χ3n) is 4.56. The highest BCUT2D eigenvalue weighted by molar-refractivity contribution is 6.31. The Labute approximate surface area is 154 Å². The fourth-order valence-corrected chi connectivity index (χ4v) is 3.22. The van der Waals surface area contributed by atoms with E-state index < -0.39 is 0 Å². The molecule has 0 atom stereocenters. The fourth-order valence-electron chi connectivity index (χ4n) is 3.04. The quantitative estimate of drug-likeness (QED) is 0.788. The van der Waals surface area contributed by atoms with Gasteiger partial charge in [0, 0.05) is 48.1 Å². The maximum Gasteiger partial charge on any atom is 0.226 e. The van der Waals surface area contributed by atoms with E-state index in [1.54, 1.807) is 0 Å². The molecule has 1 aliphatic heterocycles. The van der Waals surface area contributed by atoms with Crippen molar-refractivity contribution in [2.75, 3.05) is 35.2 Å². The fraction of sp³-hybridized carbons (Fsp3) is 0.350. The molecule has 2 N–H and O–H groups in total. The zero-order valence-electron chi connectivity index (χ0n) is 14.5. The van der Waals surface area contributed by atoms with Crippen LogP contribution in [0.25, 0.3) is 0 Å². The third kappa shape index (κ3) is 4.67. The van der Waals surface area contributed by atoms with Gasteiger partial charge in [0.05, 0.1) is 0 Å². The van der Waals surface area contributed by atoms with Crippen LogP contribution in [0, 0.1) is 6.92 Å². The highest BCUT2D eigenvalue weighted by atomic mass is 35.5. The number of hydrogen-bond donors (Lipinski definition) is 2. The van der Waals surface area contributed by atoms with E-state index in [4.69, 9.17) is 11.6 Å². The molecule has 4 nitrogen and oxygen atoms in total. The maximum atomic E-state index is 12.1. The van der Waals surface area contributed by atoms with Gasteiger partial charge < -0.3 is 15.5 Å². The van der Waals surface area contributed by atoms with E-state index in [0.29, 0.717) is 18.0 Å². The molecule has 132 valence electrons. The highest BCUT2D eigenvalue weighted by Gasteiger charge is 2.11. The average Bonchev–Trinajstić information content (AvgIpc) is 3.14. The smallest absolute Gasteiger partial charge is 0.226 e. The average molecular weight is 358 g/mol. The highest BCUT2D eigenvalue weighted by Crippen LogP contribution is 2.23. The molecule has 0 spiro atoms. The Bertz CT molecular complexity index is 724. The van der Waals surface area contributed by atoms with Gasteiger partial charge in [-0.25, -0.2) is 0 Å². The lowest BCUT2D eigenvalue weighted by atomic mass is 10.2. The summed E-state index contributed by atoms with van der Waals surface area (Å²) < 4.78 is 0. The van der Waals surface area contributed by atoms with E-state index in [-0.39, 0.29) is 5.91 Å². The minimum Gasteiger partial charge on any atom is -0.385 e. The van der Waals surface area contributed by atoms with Crippen LogP contribution in [-0.2, 0) is 4.79 Å². The summed E-state index contributed by atoms with van der Waals surface area (Å²) in [6, 6.07) is 14.0. The van der Waals surface area contributed by atoms with Gasteiger partial charge in [0.2, 0.25) is 5.91 Å². The number of benzene rings is 2. The van der Waals surface area contributed by atoms with Gasteiger partial charge in [0.1, 0.15) is 0 Å². The SMILES string of the molecule is Cc1c(Cl)cccc1NC(=O)CCNc1ccc(N2CCCC2)cc1. The van der Waals surface area contributed by atoms with Crippen LogP contribution in [0.5, 0.6) is 0 Å². The number of rotatable bonds is 6. The number of nitrogens with zero attached hydrogens (tertiary/aromatic N) is 1. The molecule has 0 radical (unpaired) electrons. The first-order chi connectivity index (χ1) is 12.1. The Morgan fingerprint density at radius 1 is 1.12 bits per heavy atom. The van der Waals surface area contributed by atoms with Crippen molar-refractivity contribution in [2.24, 2.45) is 0 Å². The van der Waals surface area contributed by atoms with Crippen LogP contribution in [0.1, 0.15) is 24.8 Å². The van der Waals surface area contributed by atoms with Crippen molar-refractivity contribution in [3.8, 4) is 0 Å². The summed E-state index contributed by atoms with van der Waals surface area (Å²) in [5.74, 6) is -0.0217. The van der Waals surface area contributed by atoms with Crippen LogP contribution >= 0.6 is 11.6 Å². The minimum absolute atomic E-state index is 0.0217. The lowest BCUT2D eigenvalue weighted by Crippen LogP contribution is -2.18. The van der Waals surface area contributed by atoms with Gasteiger partial charge in [-0.1, -0.05) is 17.7 Å². The Hall–Kier alpha value is -2.20. The van der Waals surface area contributed by atoms with Crippen LogP contribution < -0.4 is 15.5 Å². The van der Waals surface area contributed by atoms with Crippen LogP contribution in [0.4, 0.5) is 17.1 Å². The van der Waals surface area contributed by atoms with Crippen molar-refractivity contribution in [1.29, 1.82) is 0 Å². The summed E-state index contributed by atoms with van der Waals surface area (Å²) in [6.45, 7) is 4.79. The van der Waals surface area contributed by atoms with E-state index in [1.165, 1.54) is 18.5 Å². The Morgan fingerprint density at radius 2 is 1.84 bits per heavy atom. The minimum atomic E-state index is -0.0217. The molecule has 1 fully saturated rings. The summed E-state index contributed by atoms with van der Waals surface area (Å²) in [7, 11) is 0. The van der Waals surface area contributed by atoms with Gasteiger partial charge in [-0.15, -0.1) is 0 Å². The van der Waals surface area contributed by atoms with E-state index in [2.05, 4.69) is 39.8 Å². The lowest BCUT2D eigenvalue weighted by Gasteiger charge is -2.18. The number of nitrogens with one attached hydrogen (secondary N) is 2. The Morgan fingerprint density at radius 3 is 2.56 bits per heavy atom. The van der Waals surface area contributed by atoms with Crippen molar-refractivity contribution in [3.05, 3.63) is 53.1 Å². The molecule has 2 aromatic rings. The van der Waals surface area contributed by atoms with Crippen molar-refractivity contribution in [1.82, 2.24) is 0 Å². The van der Waals surface area contributed by atoms with Gasteiger partial charge in [0.15, 0.2) is 0 Å². The van der Waals surface area contributed by atoms with Crippen LogP contribution in [0.15, 0.2) is 42.5 Å². The second-order valence-corrected chi connectivity index (χ2v) is 6.79. The van der Waals surface area contributed by atoms with Crippen molar-refractivity contribution < 1.29 is 4.79 Å². The molecule has 0 unspecified atom stereocenters. The van der Waals surface area contributed by atoms with Gasteiger partial charge in [-0.05, 0) is 61.7 Å². The van der Waals surface area contributed by atoms with E-state index in [1.807, 2.05) is 25.1 Å². The van der Waals surface area contributed by atoms with Gasteiger partial charge in [0.25, 0.3) is 0 Å². The molecule has 3 rings (SSSR count). The molecular formula is C20H24ClN3O. The van der Waals surface area contributed by atoms with Crippen LogP contribution in [0.3, 0.4) is 0 Å². The summed E-state index contributed by atoms with van der Waals surface area (Å²) in [5.41, 5.74) is 3.97. The number of carbonyl (C=O) groups is 1. The molecule has 0 aliphatic carbocycles. The first kappa shape index (κ1) is 17.6. The molecule has 0 aromatic heterocycles. The molecule has 1 aliphatic rings. The zero-order chi connectivity index (χ0) is 17.6. The Kier molecular flexibility index (Phi) is 5.82. The third-order valence-corrected chi connectivity index (χ3v) is 4.97. The van der Waals surface area contributed by atoms with E-state index in [0.717, 1.165) is 30.0 Å². The molecule has 2 aromatic carbocycles. The monoisotopic (exact) mass is 357 g/mol. The molecular weight excluding hydrogens is 334 g/mol. The molecule has 5 heteroatoms. The van der Waals surface area contributed by atoms with E-state index in [9.17, 15) is 4.79 Å². The summed E-state index contributed by atoms with van der Waals surface area (Å²) in [5, 5.41) is 6.87. The van der Waals surface area contributed by atoms with E-state index >= 15 is 0 Å². The van der Waals surface area contributed by atoms with Gasteiger partial charge in [-0.3, -0.25) is 4.79 Å². The normalized spacial score (nSPS) is 13.8. The number of anilines is 3. The number of carbonyl (C=O) groups excluding carboxylic acids is 1. The molecule has 25 heavy (non-hydrogen) atoms. The molecule has 0 bridgehead atoms. The first-order valence-electron chi connectivity index (χ1n) is 8.77.